The maximum Gasteiger partial charge on any atom is 0.319 e. The Kier molecular flexibility index (Phi) is 5.18. The Morgan fingerprint density at radius 2 is 2.06 bits per heavy atom. The summed E-state index contributed by atoms with van der Waals surface area (Å²) in [6.07, 6.45) is 0. The summed E-state index contributed by atoms with van der Waals surface area (Å²) in [5, 5.41) is 5.97. The third-order valence-electron chi connectivity index (χ3n) is 2.16. The van der Waals surface area contributed by atoms with Gasteiger partial charge >= 0.3 is 6.03 Å². The molecule has 1 aromatic carbocycles. The zero-order chi connectivity index (χ0) is 12.8. The minimum atomic E-state index is -0.296. The second kappa shape index (κ2) is 6.42. The summed E-state index contributed by atoms with van der Waals surface area (Å²) in [4.78, 5) is 11.9. The van der Waals surface area contributed by atoms with Crippen LogP contribution in [0.5, 0.6) is 0 Å². The predicted octanol–water partition coefficient (Wildman–Crippen LogP) is 2.38. The Morgan fingerprint density at radius 1 is 1.47 bits per heavy atom. The summed E-state index contributed by atoms with van der Waals surface area (Å²) in [5.74, 6) is -0.0269. The van der Waals surface area contributed by atoms with Gasteiger partial charge in [0.15, 0.2) is 0 Å². The molecule has 1 atom stereocenters. The van der Waals surface area contributed by atoms with E-state index in [0.29, 0.717) is 22.2 Å². The lowest BCUT2D eigenvalue weighted by Crippen LogP contribution is -2.36. The number of urea groups is 1. The fraction of sp³-hybridized carbons (Fsp3) is 0.273. The van der Waals surface area contributed by atoms with Crippen LogP contribution in [0.15, 0.2) is 24.3 Å². The molecule has 0 aliphatic heterocycles. The Balaban J connectivity index is 2.39. The summed E-state index contributed by atoms with van der Waals surface area (Å²) in [6.45, 7) is 2.26. The highest BCUT2D eigenvalue weighted by Crippen LogP contribution is 2.12. The van der Waals surface area contributed by atoms with Gasteiger partial charge in [-0.25, -0.2) is 4.79 Å². The topological polar surface area (TPSA) is 67.2 Å². The van der Waals surface area contributed by atoms with Gasteiger partial charge in [-0.1, -0.05) is 30.7 Å². The Hall–Kier alpha value is -1.33. The van der Waals surface area contributed by atoms with Gasteiger partial charge in [0.05, 0.1) is 4.99 Å². The average Bonchev–Trinajstić information content (AvgIpc) is 2.29. The van der Waals surface area contributed by atoms with Crippen molar-refractivity contribution >= 4 is 40.5 Å². The van der Waals surface area contributed by atoms with Crippen LogP contribution in [0, 0.1) is 5.92 Å². The molecule has 0 aromatic heterocycles. The second-order valence-corrected chi connectivity index (χ2v) is 4.55. The van der Waals surface area contributed by atoms with Crippen LogP contribution in [0.3, 0.4) is 0 Å². The van der Waals surface area contributed by atoms with E-state index < -0.39 is 0 Å². The molecular formula is C11H14ClN3OS. The number of nitrogens with one attached hydrogen (secondary N) is 2. The van der Waals surface area contributed by atoms with Gasteiger partial charge in [0, 0.05) is 23.2 Å². The van der Waals surface area contributed by atoms with Crippen LogP contribution < -0.4 is 16.4 Å². The highest BCUT2D eigenvalue weighted by atomic mass is 35.5. The fourth-order valence-electron chi connectivity index (χ4n) is 1.05. The molecule has 0 saturated carbocycles. The molecule has 0 fully saturated rings. The molecule has 0 aliphatic rings. The molecular weight excluding hydrogens is 258 g/mol. The molecule has 1 rings (SSSR count). The lowest BCUT2D eigenvalue weighted by Gasteiger charge is -2.11. The van der Waals surface area contributed by atoms with Gasteiger partial charge in [0.25, 0.3) is 0 Å². The third-order valence-corrected chi connectivity index (χ3v) is 2.81. The first-order chi connectivity index (χ1) is 7.99. The SMILES string of the molecule is CC(CNC(=O)Nc1ccc(Cl)cc1)C(N)=S. The van der Waals surface area contributed by atoms with Crippen LogP contribution in [0.25, 0.3) is 0 Å². The summed E-state index contributed by atoms with van der Waals surface area (Å²) in [7, 11) is 0. The number of anilines is 1. The van der Waals surface area contributed by atoms with E-state index in [9.17, 15) is 4.79 Å². The first-order valence-corrected chi connectivity index (χ1v) is 5.87. The monoisotopic (exact) mass is 271 g/mol. The number of halogens is 1. The lowest BCUT2D eigenvalue weighted by molar-refractivity contribution is 0.251. The van der Waals surface area contributed by atoms with E-state index in [1.54, 1.807) is 24.3 Å². The number of rotatable bonds is 4. The van der Waals surface area contributed by atoms with Crippen LogP contribution in [0.1, 0.15) is 6.92 Å². The molecule has 0 bridgehead atoms. The number of carbonyl (C=O) groups is 1. The van der Waals surface area contributed by atoms with Crippen LogP contribution in [0.2, 0.25) is 5.02 Å². The highest BCUT2D eigenvalue weighted by Gasteiger charge is 2.07. The molecule has 0 saturated heterocycles. The molecule has 0 aliphatic carbocycles. The van der Waals surface area contributed by atoms with E-state index in [1.807, 2.05) is 6.92 Å². The van der Waals surface area contributed by atoms with Crippen molar-refractivity contribution in [1.29, 1.82) is 0 Å². The van der Waals surface area contributed by atoms with E-state index in [1.165, 1.54) is 0 Å². The van der Waals surface area contributed by atoms with Crippen molar-refractivity contribution in [2.45, 2.75) is 6.92 Å². The molecule has 4 nitrogen and oxygen atoms in total. The van der Waals surface area contributed by atoms with E-state index in [4.69, 9.17) is 29.6 Å². The van der Waals surface area contributed by atoms with Crippen molar-refractivity contribution in [2.75, 3.05) is 11.9 Å². The zero-order valence-corrected chi connectivity index (χ0v) is 10.9. The molecule has 0 spiro atoms. The number of hydrogen-bond acceptors (Lipinski definition) is 2. The average molecular weight is 272 g/mol. The second-order valence-electron chi connectivity index (χ2n) is 3.65. The van der Waals surface area contributed by atoms with Crippen LogP contribution in [-0.2, 0) is 0 Å². The van der Waals surface area contributed by atoms with Crippen molar-refractivity contribution in [2.24, 2.45) is 11.7 Å². The number of carbonyl (C=O) groups excluding carboxylic acids is 1. The van der Waals surface area contributed by atoms with Crippen LogP contribution in [-0.4, -0.2) is 17.6 Å². The predicted molar refractivity (Wildman–Crippen MR) is 74.4 cm³/mol. The number of hydrogen-bond donors (Lipinski definition) is 3. The summed E-state index contributed by atoms with van der Waals surface area (Å²) < 4.78 is 0. The minimum Gasteiger partial charge on any atom is -0.393 e. The highest BCUT2D eigenvalue weighted by molar-refractivity contribution is 7.80. The maximum absolute atomic E-state index is 11.5. The van der Waals surface area contributed by atoms with E-state index in [0.717, 1.165) is 0 Å². The van der Waals surface area contributed by atoms with Gasteiger partial charge < -0.3 is 16.4 Å². The smallest absolute Gasteiger partial charge is 0.319 e. The number of benzene rings is 1. The molecule has 17 heavy (non-hydrogen) atoms. The molecule has 0 heterocycles. The Labute approximate surface area is 111 Å². The quantitative estimate of drug-likeness (QED) is 0.737. The van der Waals surface area contributed by atoms with Gasteiger partial charge in [-0.15, -0.1) is 0 Å². The zero-order valence-electron chi connectivity index (χ0n) is 9.37. The van der Waals surface area contributed by atoms with Gasteiger partial charge in [-0.3, -0.25) is 0 Å². The van der Waals surface area contributed by atoms with Crippen molar-refractivity contribution in [1.82, 2.24) is 5.32 Å². The van der Waals surface area contributed by atoms with Crippen LogP contribution in [0.4, 0.5) is 10.5 Å². The first-order valence-electron chi connectivity index (χ1n) is 5.09. The Morgan fingerprint density at radius 3 is 2.59 bits per heavy atom. The van der Waals surface area contributed by atoms with E-state index in [-0.39, 0.29) is 11.9 Å². The normalized spacial score (nSPS) is 11.6. The van der Waals surface area contributed by atoms with Crippen LogP contribution >= 0.6 is 23.8 Å². The van der Waals surface area contributed by atoms with Gasteiger partial charge in [-0.2, -0.15) is 0 Å². The molecule has 0 radical (unpaired) electrons. The molecule has 4 N–H and O–H groups in total. The first kappa shape index (κ1) is 13.7. The van der Waals surface area contributed by atoms with E-state index in [2.05, 4.69) is 10.6 Å². The number of thiocarbonyl (C=S) groups is 1. The largest absolute Gasteiger partial charge is 0.393 e. The van der Waals surface area contributed by atoms with Gasteiger partial charge in [0.1, 0.15) is 0 Å². The van der Waals surface area contributed by atoms with Gasteiger partial charge in [0.2, 0.25) is 0 Å². The van der Waals surface area contributed by atoms with Crippen molar-refractivity contribution in [3.05, 3.63) is 29.3 Å². The third kappa shape index (κ3) is 5.01. The van der Waals surface area contributed by atoms with Gasteiger partial charge in [-0.05, 0) is 24.3 Å². The van der Waals surface area contributed by atoms with Crippen molar-refractivity contribution in [3.63, 3.8) is 0 Å². The standard InChI is InChI=1S/C11H14ClN3OS/c1-7(10(13)17)6-14-11(16)15-9-4-2-8(12)3-5-9/h2-5,7H,6H2,1H3,(H2,13,17)(H2,14,15,16). The molecule has 2 amide bonds. The van der Waals surface area contributed by atoms with Crippen molar-refractivity contribution < 1.29 is 4.79 Å². The summed E-state index contributed by atoms with van der Waals surface area (Å²) in [6, 6.07) is 6.55. The van der Waals surface area contributed by atoms with E-state index >= 15 is 0 Å². The lowest BCUT2D eigenvalue weighted by atomic mass is 10.2. The minimum absolute atomic E-state index is 0.0269. The molecule has 1 aromatic rings. The Bertz CT molecular complexity index is 408. The van der Waals surface area contributed by atoms with Crippen molar-refractivity contribution in [3.8, 4) is 0 Å². The fourth-order valence-corrected chi connectivity index (χ4v) is 1.26. The molecule has 1 unspecified atom stereocenters. The number of nitrogens with two attached hydrogens (primary N) is 1. The summed E-state index contributed by atoms with van der Waals surface area (Å²) >= 11 is 10.5. The molecule has 6 heteroatoms. The summed E-state index contributed by atoms with van der Waals surface area (Å²) in [5.41, 5.74) is 6.11. The number of amides is 2. The molecule has 92 valence electrons. The maximum atomic E-state index is 11.5.